The van der Waals surface area contributed by atoms with E-state index in [2.05, 4.69) is 15.3 Å². The van der Waals surface area contributed by atoms with Crippen LogP contribution in [-0.2, 0) is 6.18 Å². The van der Waals surface area contributed by atoms with Crippen LogP contribution >= 0.6 is 34.8 Å². The Morgan fingerprint density at radius 2 is 1.62 bits per heavy atom. The summed E-state index contributed by atoms with van der Waals surface area (Å²) in [6.07, 6.45) is -7.63. The third kappa shape index (κ3) is 7.52. The molecule has 1 heterocycles. The highest BCUT2D eigenvalue weighted by molar-refractivity contribution is 6.48. The first kappa shape index (κ1) is 30.5. The highest BCUT2D eigenvalue weighted by Crippen LogP contribution is 2.42. The van der Waals surface area contributed by atoms with Gasteiger partial charge in [-0.2, -0.15) is 26.3 Å². The van der Waals surface area contributed by atoms with Gasteiger partial charge < -0.3 is 10.1 Å². The maximum absolute atomic E-state index is 15.0. The van der Waals surface area contributed by atoms with E-state index in [1.807, 2.05) is 0 Å². The van der Waals surface area contributed by atoms with Crippen LogP contribution in [-0.4, -0.2) is 35.6 Å². The van der Waals surface area contributed by atoms with Gasteiger partial charge in [0.1, 0.15) is 11.7 Å². The van der Waals surface area contributed by atoms with Gasteiger partial charge in [0.15, 0.2) is 11.5 Å². The van der Waals surface area contributed by atoms with Crippen LogP contribution in [0.5, 0.6) is 5.75 Å². The van der Waals surface area contributed by atoms with Gasteiger partial charge >= 0.3 is 12.4 Å². The molecule has 3 aromatic rings. The first-order valence-corrected chi connectivity index (χ1v) is 11.7. The smallest absolute Gasteiger partial charge is 0.417 e. The molecule has 0 aliphatic carbocycles. The lowest BCUT2D eigenvalue weighted by Gasteiger charge is -2.19. The van der Waals surface area contributed by atoms with Gasteiger partial charge in [0.25, 0.3) is 0 Å². The number of hydrogen-bond acceptors (Lipinski definition) is 5. The molecule has 0 spiro atoms. The number of rotatable bonds is 8. The van der Waals surface area contributed by atoms with E-state index in [1.165, 1.54) is 19.5 Å². The lowest BCUT2D eigenvalue weighted by atomic mass is 9.95. The van der Waals surface area contributed by atoms with Crippen molar-refractivity contribution in [1.82, 2.24) is 9.97 Å². The van der Waals surface area contributed by atoms with Gasteiger partial charge in [0, 0.05) is 11.1 Å². The minimum Gasteiger partial charge on any atom is -0.494 e. The Labute approximate surface area is 231 Å². The summed E-state index contributed by atoms with van der Waals surface area (Å²) in [7, 11) is 1.36. The number of benzene rings is 2. The largest absolute Gasteiger partial charge is 0.494 e. The van der Waals surface area contributed by atoms with Crippen LogP contribution in [0, 0.1) is 0 Å². The van der Waals surface area contributed by atoms with Crippen LogP contribution in [0.3, 0.4) is 0 Å². The molecule has 0 aliphatic heterocycles. The minimum absolute atomic E-state index is 0.0788. The predicted molar refractivity (Wildman–Crippen MR) is 132 cm³/mol. The Morgan fingerprint density at radius 1 is 1.03 bits per heavy atom. The molecular formula is C24H15Cl3F7N3O2. The Bertz CT molecular complexity index is 1370. The number of methoxy groups -OCH3 is 1. The van der Waals surface area contributed by atoms with E-state index in [-0.39, 0.29) is 33.2 Å². The molecule has 5 nitrogen and oxygen atoms in total. The molecule has 0 bridgehead atoms. The first-order valence-electron chi connectivity index (χ1n) is 10.5. The maximum Gasteiger partial charge on any atom is 0.417 e. The number of carbonyl (C=O) groups excluding carboxylic acids is 1. The van der Waals surface area contributed by atoms with E-state index in [1.54, 1.807) is 0 Å². The topological polar surface area (TPSA) is 64.1 Å². The van der Waals surface area contributed by atoms with Crippen LogP contribution in [0.25, 0.3) is 5.83 Å². The molecule has 3 rings (SSSR count). The molecule has 2 aromatic carbocycles. The normalized spacial score (nSPS) is 13.3. The van der Waals surface area contributed by atoms with Crippen molar-refractivity contribution in [2.45, 2.75) is 18.3 Å². The average Bonchev–Trinajstić information content (AvgIpc) is 2.87. The summed E-state index contributed by atoms with van der Waals surface area (Å²) < 4.78 is 102. The number of ketones is 1. The van der Waals surface area contributed by atoms with Crippen molar-refractivity contribution in [1.29, 1.82) is 0 Å². The second-order valence-corrected chi connectivity index (χ2v) is 9.01. The van der Waals surface area contributed by atoms with Crippen LogP contribution in [0.15, 0.2) is 48.8 Å². The van der Waals surface area contributed by atoms with Gasteiger partial charge in [-0.15, -0.1) is 0 Å². The summed E-state index contributed by atoms with van der Waals surface area (Å²) in [6, 6.07) is 3.31. The SMILES string of the molecule is COc1cnc(NCC(=O)c2ccc(/C(F)=C/C(c3cc(Cl)c(Cl)c(Cl)c3)C(F)(F)F)cc2C(F)(F)F)nc1. The van der Waals surface area contributed by atoms with E-state index in [0.29, 0.717) is 11.8 Å². The second-order valence-electron chi connectivity index (χ2n) is 7.81. The molecule has 1 atom stereocenters. The quantitative estimate of drug-likeness (QED) is 0.156. The molecule has 0 radical (unpaired) electrons. The van der Waals surface area contributed by atoms with E-state index in [9.17, 15) is 35.5 Å². The van der Waals surface area contributed by atoms with Crippen LogP contribution < -0.4 is 10.1 Å². The fraction of sp³-hybridized carbons (Fsp3) is 0.208. The molecule has 15 heteroatoms. The zero-order chi connectivity index (χ0) is 29.1. The Kier molecular flexibility index (Phi) is 9.35. The van der Waals surface area contributed by atoms with E-state index < -0.39 is 58.7 Å². The van der Waals surface area contributed by atoms with Gasteiger partial charge in [-0.3, -0.25) is 4.79 Å². The standard InChI is InChI=1S/C24H15Cl3F7N3O2/c1-39-13-8-35-22(36-9-13)37-10-20(38)14-3-2-11(4-16(14)24(32,33)34)19(28)7-15(23(29,30)31)12-5-17(25)21(27)18(26)6-12/h2-9,15H,10H2,1H3,(H,35,36,37)/b19-7-. The highest BCUT2D eigenvalue weighted by Gasteiger charge is 2.41. The van der Waals surface area contributed by atoms with E-state index >= 15 is 0 Å². The lowest BCUT2D eigenvalue weighted by Crippen LogP contribution is -2.20. The van der Waals surface area contributed by atoms with Crippen LogP contribution in [0.4, 0.5) is 36.7 Å². The second kappa shape index (κ2) is 12.0. The van der Waals surface area contributed by atoms with Crippen molar-refractivity contribution >= 4 is 52.4 Å². The van der Waals surface area contributed by atoms with Crippen LogP contribution in [0.2, 0.25) is 15.1 Å². The summed E-state index contributed by atoms with van der Waals surface area (Å²) >= 11 is 17.3. The molecule has 0 saturated heterocycles. The van der Waals surface area contributed by atoms with Gasteiger partial charge in [0.2, 0.25) is 5.95 Å². The van der Waals surface area contributed by atoms with Crippen molar-refractivity contribution in [2.75, 3.05) is 19.0 Å². The molecule has 0 fully saturated rings. The summed E-state index contributed by atoms with van der Waals surface area (Å²) in [4.78, 5) is 20.2. The Hall–Kier alpha value is -3.09. The molecule has 1 N–H and O–H groups in total. The molecule has 0 amide bonds. The number of alkyl halides is 6. The Morgan fingerprint density at radius 3 is 2.13 bits per heavy atom. The first-order chi connectivity index (χ1) is 18.1. The summed E-state index contributed by atoms with van der Waals surface area (Å²) in [5.41, 5.74) is -3.83. The zero-order valence-corrected chi connectivity index (χ0v) is 21.7. The third-order valence-corrected chi connectivity index (χ3v) is 6.40. The highest BCUT2D eigenvalue weighted by atomic mass is 35.5. The van der Waals surface area contributed by atoms with Crippen molar-refractivity contribution in [2.24, 2.45) is 0 Å². The van der Waals surface area contributed by atoms with Crippen molar-refractivity contribution in [3.8, 4) is 5.75 Å². The summed E-state index contributed by atoms with van der Waals surface area (Å²) in [5, 5.41) is 1.55. The maximum atomic E-state index is 15.0. The molecule has 39 heavy (non-hydrogen) atoms. The summed E-state index contributed by atoms with van der Waals surface area (Å²) in [6.45, 7) is -0.665. The molecule has 0 saturated carbocycles. The van der Waals surface area contributed by atoms with E-state index in [4.69, 9.17) is 39.5 Å². The molecular weight excluding hydrogens is 602 g/mol. The molecule has 1 aromatic heterocycles. The Balaban J connectivity index is 1.95. The molecule has 208 valence electrons. The number of nitrogens with one attached hydrogen (secondary N) is 1. The number of nitrogens with zero attached hydrogens (tertiary/aromatic N) is 2. The van der Waals surface area contributed by atoms with Crippen LogP contribution in [0.1, 0.15) is 33.0 Å². The summed E-state index contributed by atoms with van der Waals surface area (Å²) in [5.74, 6) is -5.10. The zero-order valence-electron chi connectivity index (χ0n) is 19.4. The molecule has 0 aliphatic rings. The lowest BCUT2D eigenvalue weighted by molar-refractivity contribution is -0.140. The van der Waals surface area contributed by atoms with Gasteiger partial charge in [-0.05, 0) is 29.8 Å². The fourth-order valence-electron chi connectivity index (χ4n) is 3.31. The van der Waals surface area contributed by atoms with Crippen molar-refractivity contribution < 1.29 is 40.3 Å². The number of allylic oxidation sites excluding steroid dienone is 1. The van der Waals surface area contributed by atoms with Gasteiger partial charge in [-0.1, -0.05) is 46.9 Å². The average molecular weight is 617 g/mol. The monoisotopic (exact) mass is 615 g/mol. The number of ether oxygens (including phenoxy) is 1. The number of Topliss-reactive ketones (excluding diaryl/α,β-unsaturated/α-hetero) is 1. The van der Waals surface area contributed by atoms with Gasteiger partial charge in [-0.25, -0.2) is 14.4 Å². The predicted octanol–water partition coefficient (Wildman–Crippen LogP) is 8.42. The number of halogens is 10. The third-order valence-electron chi connectivity index (χ3n) is 5.20. The van der Waals surface area contributed by atoms with Crippen molar-refractivity contribution in [3.63, 3.8) is 0 Å². The van der Waals surface area contributed by atoms with Crippen molar-refractivity contribution in [3.05, 3.63) is 86.1 Å². The number of aromatic nitrogens is 2. The number of carbonyl (C=O) groups is 1. The number of hydrogen-bond donors (Lipinski definition) is 1. The fourth-order valence-corrected chi connectivity index (χ4v) is 3.93. The minimum atomic E-state index is -5.14. The number of anilines is 1. The van der Waals surface area contributed by atoms with E-state index in [0.717, 1.165) is 18.2 Å². The molecule has 1 unspecified atom stereocenters. The van der Waals surface area contributed by atoms with Gasteiger partial charge in [0.05, 0.1) is 46.7 Å².